The predicted molar refractivity (Wildman–Crippen MR) is 86.6 cm³/mol. The van der Waals surface area contributed by atoms with Crippen LogP contribution in [0.25, 0.3) is 0 Å². The van der Waals surface area contributed by atoms with Gasteiger partial charge in [-0.2, -0.15) is 0 Å². The average molecular weight is 296 g/mol. The summed E-state index contributed by atoms with van der Waals surface area (Å²) in [7, 11) is 0. The Bertz CT molecular complexity index is 615. The van der Waals surface area contributed by atoms with Crippen molar-refractivity contribution in [2.45, 2.75) is 25.0 Å². The fourth-order valence-electron chi connectivity index (χ4n) is 2.87. The highest BCUT2D eigenvalue weighted by Gasteiger charge is 2.37. The summed E-state index contributed by atoms with van der Waals surface area (Å²) in [6.45, 7) is 0. The molecule has 1 saturated carbocycles. The quantitative estimate of drug-likeness (QED) is 0.912. The van der Waals surface area contributed by atoms with Gasteiger partial charge in [-0.3, -0.25) is 4.79 Å². The molecule has 1 amide bonds. The van der Waals surface area contributed by atoms with Gasteiger partial charge < -0.3 is 15.8 Å². The van der Waals surface area contributed by atoms with E-state index in [1.54, 1.807) is 0 Å². The third kappa shape index (κ3) is 3.46. The van der Waals surface area contributed by atoms with Crippen LogP contribution in [-0.2, 0) is 4.79 Å². The molecule has 1 fully saturated rings. The number of nitrogens with one attached hydrogen (secondary N) is 1. The Balaban J connectivity index is 1.60. The van der Waals surface area contributed by atoms with Crippen molar-refractivity contribution in [1.29, 1.82) is 0 Å². The van der Waals surface area contributed by atoms with Gasteiger partial charge in [0.05, 0.1) is 5.92 Å². The molecular weight excluding hydrogens is 276 g/mol. The fourth-order valence-corrected chi connectivity index (χ4v) is 2.87. The van der Waals surface area contributed by atoms with E-state index < -0.39 is 0 Å². The van der Waals surface area contributed by atoms with E-state index in [4.69, 9.17) is 10.5 Å². The molecule has 3 rings (SSSR count). The number of hydrogen-bond donors (Lipinski definition) is 2. The van der Waals surface area contributed by atoms with Crippen molar-refractivity contribution >= 4 is 11.6 Å². The van der Waals surface area contributed by atoms with Crippen molar-refractivity contribution < 1.29 is 9.53 Å². The number of anilines is 1. The second kappa shape index (κ2) is 6.62. The maximum Gasteiger partial charge on any atom is 0.229 e. The van der Waals surface area contributed by atoms with Gasteiger partial charge in [0.15, 0.2) is 0 Å². The van der Waals surface area contributed by atoms with E-state index >= 15 is 0 Å². The molecule has 2 aromatic carbocycles. The summed E-state index contributed by atoms with van der Waals surface area (Å²) in [6, 6.07) is 18.9. The molecule has 1 aliphatic carbocycles. The van der Waals surface area contributed by atoms with E-state index in [2.05, 4.69) is 5.32 Å². The highest BCUT2D eigenvalue weighted by Crippen LogP contribution is 2.29. The van der Waals surface area contributed by atoms with E-state index in [0.717, 1.165) is 11.4 Å². The normalized spacial score (nSPS) is 24.0. The molecule has 0 saturated heterocycles. The van der Waals surface area contributed by atoms with Gasteiger partial charge in [-0.05, 0) is 30.7 Å². The van der Waals surface area contributed by atoms with Crippen LogP contribution in [0.1, 0.15) is 12.8 Å². The number of rotatable bonds is 4. The summed E-state index contributed by atoms with van der Waals surface area (Å²) in [4.78, 5) is 12.4. The molecule has 0 radical (unpaired) electrons. The minimum atomic E-state index is -0.214. The summed E-state index contributed by atoms with van der Waals surface area (Å²) in [5.74, 6) is 0.579. The standard InChI is InChI=1S/C18H20N2O2/c19-17-12-15(22-14-9-5-2-6-10-14)11-16(17)18(21)20-13-7-3-1-4-8-13/h1-10,15-17H,11-12,19H2,(H,20,21). The highest BCUT2D eigenvalue weighted by molar-refractivity contribution is 5.93. The molecule has 4 heteroatoms. The van der Waals surface area contributed by atoms with Crippen LogP contribution >= 0.6 is 0 Å². The largest absolute Gasteiger partial charge is 0.490 e. The number of carbonyl (C=O) groups excluding carboxylic acids is 1. The van der Waals surface area contributed by atoms with Gasteiger partial charge in [0.2, 0.25) is 5.91 Å². The van der Waals surface area contributed by atoms with Crippen molar-refractivity contribution in [1.82, 2.24) is 0 Å². The van der Waals surface area contributed by atoms with Gasteiger partial charge in [-0.15, -0.1) is 0 Å². The molecule has 1 aliphatic rings. The zero-order valence-electron chi connectivity index (χ0n) is 12.3. The van der Waals surface area contributed by atoms with E-state index in [0.29, 0.717) is 12.8 Å². The number of amides is 1. The molecule has 114 valence electrons. The van der Waals surface area contributed by atoms with Gasteiger partial charge in [0, 0.05) is 18.2 Å². The van der Waals surface area contributed by atoms with Crippen molar-refractivity contribution in [2.75, 3.05) is 5.32 Å². The van der Waals surface area contributed by atoms with Gasteiger partial charge in [-0.1, -0.05) is 36.4 Å². The summed E-state index contributed by atoms with van der Waals surface area (Å²) in [5, 5.41) is 2.92. The summed E-state index contributed by atoms with van der Waals surface area (Å²) < 4.78 is 5.92. The van der Waals surface area contributed by atoms with Crippen LogP contribution in [0.5, 0.6) is 5.75 Å². The maximum absolute atomic E-state index is 12.4. The Kier molecular flexibility index (Phi) is 4.39. The van der Waals surface area contributed by atoms with Crippen LogP contribution in [0.15, 0.2) is 60.7 Å². The number of para-hydroxylation sites is 2. The Morgan fingerprint density at radius 1 is 1.00 bits per heavy atom. The third-order valence-electron chi connectivity index (χ3n) is 3.99. The smallest absolute Gasteiger partial charge is 0.229 e. The Morgan fingerprint density at radius 2 is 1.64 bits per heavy atom. The molecule has 22 heavy (non-hydrogen) atoms. The predicted octanol–water partition coefficient (Wildman–Crippen LogP) is 2.81. The molecule has 3 unspecified atom stereocenters. The Labute approximate surface area is 130 Å². The lowest BCUT2D eigenvalue weighted by Crippen LogP contribution is -2.34. The molecule has 0 spiro atoms. The van der Waals surface area contributed by atoms with E-state index in [-0.39, 0.29) is 24.0 Å². The van der Waals surface area contributed by atoms with Gasteiger partial charge >= 0.3 is 0 Å². The second-order valence-electron chi connectivity index (χ2n) is 5.65. The molecule has 0 heterocycles. The van der Waals surface area contributed by atoms with Crippen molar-refractivity contribution in [3.05, 3.63) is 60.7 Å². The minimum Gasteiger partial charge on any atom is -0.490 e. The summed E-state index contributed by atoms with van der Waals surface area (Å²) in [5.41, 5.74) is 6.94. The van der Waals surface area contributed by atoms with E-state index in [9.17, 15) is 4.79 Å². The molecule has 0 aromatic heterocycles. The topological polar surface area (TPSA) is 64.3 Å². The van der Waals surface area contributed by atoms with Crippen LogP contribution in [0.2, 0.25) is 0 Å². The molecule has 2 aromatic rings. The van der Waals surface area contributed by atoms with Crippen molar-refractivity contribution in [3.63, 3.8) is 0 Å². The number of benzene rings is 2. The zero-order valence-corrected chi connectivity index (χ0v) is 12.3. The number of nitrogens with two attached hydrogens (primary N) is 1. The highest BCUT2D eigenvalue weighted by atomic mass is 16.5. The molecular formula is C18H20N2O2. The first-order valence-electron chi connectivity index (χ1n) is 7.55. The summed E-state index contributed by atoms with van der Waals surface area (Å²) >= 11 is 0. The van der Waals surface area contributed by atoms with Gasteiger partial charge in [-0.25, -0.2) is 0 Å². The Hall–Kier alpha value is -2.33. The van der Waals surface area contributed by atoms with Gasteiger partial charge in [0.25, 0.3) is 0 Å². The van der Waals surface area contributed by atoms with Crippen LogP contribution in [0.3, 0.4) is 0 Å². The lowest BCUT2D eigenvalue weighted by molar-refractivity contribution is -0.120. The number of hydrogen-bond acceptors (Lipinski definition) is 3. The summed E-state index contributed by atoms with van der Waals surface area (Å²) in [6.07, 6.45) is 1.33. The lowest BCUT2D eigenvalue weighted by Gasteiger charge is -2.15. The second-order valence-corrected chi connectivity index (χ2v) is 5.65. The zero-order chi connectivity index (χ0) is 15.4. The first kappa shape index (κ1) is 14.6. The third-order valence-corrected chi connectivity index (χ3v) is 3.99. The number of ether oxygens (including phenoxy) is 1. The number of carbonyl (C=O) groups is 1. The van der Waals surface area contributed by atoms with E-state index in [1.807, 2.05) is 60.7 Å². The van der Waals surface area contributed by atoms with Crippen LogP contribution < -0.4 is 15.8 Å². The van der Waals surface area contributed by atoms with E-state index in [1.165, 1.54) is 0 Å². The van der Waals surface area contributed by atoms with Crippen LogP contribution in [0, 0.1) is 5.92 Å². The molecule has 0 aliphatic heterocycles. The monoisotopic (exact) mass is 296 g/mol. The van der Waals surface area contributed by atoms with Crippen LogP contribution in [0.4, 0.5) is 5.69 Å². The van der Waals surface area contributed by atoms with Crippen molar-refractivity contribution in [3.8, 4) is 5.75 Å². The van der Waals surface area contributed by atoms with Gasteiger partial charge in [0.1, 0.15) is 11.9 Å². The molecule has 4 nitrogen and oxygen atoms in total. The fraction of sp³-hybridized carbons (Fsp3) is 0.278. The Morgan fingerprint density at radius 3 is 2.32 bits per heavy atom. The molecule has 0 bridgehead atoms. The van der Waals surface area contributed by atoms with Crippen LogP contribution in [-0.4, -0.2) is 18.1 Å². The molecule has 3 atom stereocenters. The maximum atomic E-state index is 12.4. The van der Waals surface area contributed by atoms with Crippen molar-refractivity contribution in [2.24, 2.45) is 11.7 Å². The first-order chi connectivity index (χ1) is 10.7. The molecule has 3 N–H and O–H groups in total. The lowest BCUT2D eigenvalue weighted by atomic mass is 10.0. The minimum absolute atomic E-state index is 0.0103. The average Bonchev–Trinajstić information content (AvgIpc) is 2.90. The first-order valence-corrected chi connectivity index (χ1v) is 7.55. The SMILES string of the molecule is NC1CC(Oc2ccccc2)CC1C(=O)Nc1ccccc1.